The number of carbonyl (C=O) groups excluding carboxylic acids is 3. The summed E-state index contributed by atoms with van der Waals surface area (Å²) in [6.07, 6.45) is 3.24. The minimum atomic E-state index is -4.17. The first-order valence-electron chi connectivity index (χ1n) is 31.1. The molecule has 3 aliphatic heterocycles. The highest BCUT2D eigenvalue weighted by Crippen LogP contribution is 2.39. The van der Waals surface area contributed by atoms with E-state index < -0.39 is 54.5 Å². The SMILES string of the molecule is COc1cc(/N=N/c2ccc(C)cc2[N+](=O)[O-])c(C)cc1/N=N/c1ccc(N(C)CCCC(=O)NCCCO[C@@H]2O[C@H](COCc3cn(CCCNC(=O)[C@H](CCCCN(C)C)NC(=O)CCC4=[N+]5C(=Cc6c(C)cc(C)n6[B-]5(F)F)C=C4)nn3)[C@@H](O)[C@H](O)[C@H]2O)cc1. The normalized spacial score (nSPS) is 18.6. The number of nitrogens with one attached hydrogen (secondary N) is 3. The van der Waals surface area contributed by atoms with Gasteiger partial charge in [-0.15, -0.1) is 20.4 Å². The summed E-state index contributed by atoms with van der Waals surface area (Å²) in [5, 5.41) is 77.6. The highest BCUT2D eigenvalue weighted by molar-refractivity contribution is 6.58. The second kappa shape index (κ2) is 32.9. The highest BCUT2D eigenvalue weighted by atomic mass is 19.2. The zero-order chi connectivity index (χ0) is 66.9. The van der Waals surface area contributed by atoms with E-state index >= 15 is 8.63 Å². The Bertz CT molecular complexity index is 3600. The van der Waals surface area contributed by atoms with Crippen molar-refractivity contribution >= 4 is 70.6 Å². The Balaban J connectivity index is 0.696. The number of allylic oxidation sites excluding steroid dienone is 2. The third-order valence-electron chi connectivity index (χ3n) is 16.1. The number of benzene rings is 3. The van der Waals surface area contributed by atoms with Gasteiger partial charge in [0.2, 0.25) is 17.7 Å². The average Bonchev–Trinajstić information content (AvgIpc) is 1.59. The molecule has 0 bridgehead atoms. The number of aliphatic hydroxyl groups excluding tert-OH is 3. The predicted molar refractivity (Wildman–Crippen MR) is 344 cm³/mol. The van der Waals surface area contributed by atoms with Crippen LogP contribution in [0.1, 0.15) is 91.6 Å². The number of methoxy groups -OCH3 is 1. The Kier molecular flexibility index (Phi) is 24.9. The molecule has 2 aromatic heterocycles. The van der Waals surface area contributed by atoms with Crippen molar-refractivity contribution in [1.29, 1.82) is 0 Å². The van der Waals surface area contributed by atoms with Crippen LogP contribution in [-0.4, -0.2) is 184 Å². The largest absolute Gasteiger partial charge is 0.737 e. The van der Waals surface area contributed by atoms with Gasteiger partial charge in [-0.2, -0.15) is 5.11 Å². The Morgan fingerprint density at radius 1 is 0.839 bits per heavy atom. The topological polar surface area (TPSA) is 323 Å². The van der Waals surface area contributed by atoms with Crippen LogP contribution >= 0.6 is 0 Å². The number of hydrogen-bond donors (Lipinski definition) is 6. The number of amides is 3. The molecule has 0 aliphatic carbocycles. The third kappa shape index (κ3) is 18.8. The second-order valence-corrected chi connectivity index (χ2v) is 23.7. The zero-order valence-corrected chi connectivity index (χ0v) is 53.8. The van der Waals surface area contributed by atoms with Crippen molar-refractivity contribution in [2.24, 2.45) is 20.5 Å². The number of aromatic nitrogens is 4. The lowest BCUT2D eigenvalue weighted by atomic mass is 9.90. The molecule has 500 valence electrons. The molecule has 5 aromatic rings. The van der Waals surface area contributed by atoms with Gasteiger partial charge < -0.3 is 77.6 Å². The molecule has 6 atom stereocenters. The number of unbranched alkanes of at least 4 members (excludes halogenated alkanes) is 1. The van der Waals surface area contributed by atoms with Crippen LogP contribution in [0.4, 0.5) is 42.8 Å². The lowest BCUT2D eigenvalue weighted by Crippen LogP contribution is -2.59. The fourth-order valence-corrected chi connectivity index (χ4v) is 11.1. The first-order valence-corrected chi connectivity index (χ1v) is 31.1. The number of fused-ring (bicyclic) bond motifs is 2. The number of aryl methyl sites for hydroxylation is 5. The van der Waals surface area contributed by atoms with Gasteiger partial charge in [0.15, 0.2) is 17.7 Å². The van der Waals surface area contributed by atoms with Gasteiger partial charge in [-0.05, 0) is 152 Å². The quantitative estimate of drug-likeness (QED) is 0.00758. The van der Waals surface area contributed by atoms with Gasteiger partial charge in [0.1, 0.15) is 53.3 Å². The number of anilines is 1. The Hall–Kier alpha value is -8.52. The number of hydrogen-bond acceptors (Lipinski definition) is 20. The van der Waals surface area contributed by atoms with E-state index in [2.05, 4.69) is 46.7 Å². The van der Waals surface area contributed by atoms with Gasteiger partial charge in [-0.3, -0.25) is 29.2 Å². The summed E-state index contributed by atoms with van der Waals surface area (Å²) < 4.78 is 58.5. The molecular formula is C63H84BF2N15O12. The Morgan fingerprint density at radius 3 is 2.34 bits per heavy atom. The van der Waals surface area contributed by atoms with Crippen LogP contribution < -0.4 is 25.6 Å². The molecule has 1 fully saturated rings. The lowest BCUT2D eigenvalue weighted by molar-refractivity contribution is -0.384. The molecule has 0 unspecified atom stereocenters. The number of aliphatic hydroxyl groups is 3. The molecule has 0 radical (unpaired) electrons. The van der Waals surface area contributed by atoms with Gasteiger partial charge in [0.05, 0.1) is 49.4 Å². The molecule has 27 nitrogen and oxygen atoms in total. The predicted octanol–water partition coefficient (Wildman–Crippen LogP) is 7.63. The van der Waals surface area contributed by atoms with Crippen LogP contribution in [0.5, 0.6) is 5.75 Å². The maximum atomic E-state index is 16.0. The molecule has 3 amide bonds. The monoisotopic (exact) mass is 1290 g/mol. The molecule has 1 saturated heterocycles. The smallest absolute Gasteiger partial charge is 0.494 e. The maximum absolute atomic E-state index is 16.0. The van der Waals surface area contributed by atoms with Gasteiger partial charge in [0, 0.05) is 94.2 Å². The van der Waals surface area contributed by atoms with Gasteiger partial charge in [-0.1, -0.05) is 11.3 Å². The molecule has 30 heteroatoms. The van der Waals surface area contributed by atoms with E-state index in [0.29, 0.717) is 102 Å². The van der Waals surface area contributed by atoms with E-state index in [1.54, 1.807) is 80.2 Å². The van der Waals surface area contributed by atoms with Crippen LogP contribution in [-0.2, 0) is 41.7 Å². The van der Waals surface area contributed by atoms with Crippen LogP contribution in [0, 0.1) is 37.8 Å². The van der Waals surface area contributed by atoms with Gasteiger partial charge in [-0.25, -0.2) is 0 Å². The van der Waals surface area contributed by atoms with Crippen molar-refractivity contribution < 1.29 is 66.7 Å². The first-order chi connectivity index (χ1) is 44.5. The highest BCUT2D eigenvalue weighted by Gasteiger charge is 2.52. The fraction of sp³-hybridized carbons (Fsp3) is 0.492. The molecule has 0 saturated carbocycles. The average molecular weight is 1290 g/mol. The molecule has 6 N–H and O–H groups in total. The third-order valence-corrected chi connectivity index (χ3v) is 16.1. The summed E-state index contributed by atoms with van der Waals surface area (Å²) in [5.41, 5.74) is 6.69. The number of nitro benzene ring substituents is 1. The van der Waals surface area contributed by atoms with E-state index in [-0.39, 0.29) is 75.4 Å². The molecule has 93 heavy (non-hydrogen) atoms. The lowest BCUT2D eigenvalue weighted by Gasteiger charge is -2.40. The number of carbonyl (C=O) groups is 3. The summed E-state index contributed by atoms with van der Waals surface area (Å²) >= 11 is 0. The number of rotatable bonds is 34. The summed E-state index contributed by atoms with van der Waals surface area (Å²) in [6.45, 7) is 5.05. The van der Waals surface area contributed by atoms with Crippen molar-refractivity contribution in [2.45, 2.75) is 135 Å². The van der Waals surface area contributed by atoms with Crippen LogP contribution in [0.2, 0.25) is 0 Å². The molecule has 3 aliphatic rings. The maximum Gasteiger partial charge on any atom is 0.737 e. The number of halogens is 2. The fourth-order valence-electron chi connectivity index (χ4n) is 11.1. The van der Waals surface area contributed by atoms with E-state index in [9.17, 15) is 39.8 Å². The van der Waals surface area contributed by atoms with Crippen LogP contribution in [0.25, 0.3) is 6.08 Å². The molecular weight excluding hydrogens is 1210 g/mol. The summed E-state index contributed by atoms with van der Waals surface area (Å²) in [6, 6.07) is 16.4. The minimum absolute atomic E-state index is 0.0239. The van der Waals surface area contributed by atoms with Crippen molar-refractivity contribution in [3.8, 4) is 5.75 Å². The van der Waals surface area contributed by atoms with Crippen LogP contribution in [0.3, 0.4) is 0 Å². The first kappa shape index (κ1) is 70.4. The van der Waals surface area contributed by atoms with Crippen LogP contribution in [0.15, 0.2) is 105 Å². The number of nitro groups is 1. The minimum Gasteiger partial charge on any atom is -0.494 e. The van der Waals surface area contributed by atoms with Gasteiger partial charge in [0.25, 0.3) is 5.69 Å². The molecule has 8 rings (SSSR count). The number of ether oxygens (including phenoxy) is 4. The van der Waals surface area contributed by atoms with E-state index in [1.807, 2.05) is 62.1 Å². The van der Waals surface area contributed by atoms with E-state index in [4.69, 9.17) is 18.9 Å². The Morgan fingerprint density at radius 2 is 1.59 bits per heavy atom. The molecule has 3 aromatic carbocycles. The standard InChI is InChI=1S/C63H84BF2N15O12/c1-40-16-24-49(54(32-40)81(88)89)72-73-51-36-55(90-8)52(34-41(51)2)74-70-44-17-19-46(20-18-44)77(7)29-11-15-57(82)67-27-13-31-92-63-61(86)60(85)59(84)56(93-63)39-91-38-45-37-78(75-71-45)30-12-26-68-62(87)50(14-9-10-28-76(5)6)69-58(83)25-23-47-21-22-48-35-53-42(3)33-43(4)79(53)64(65,66)80(47)48/h16-22,24,32-37,50,56,59-61,63,84-86H,9-15,23,25-31,38-39H2,1-8H3,(H,67,82)(H,68,87)(H,69,83)/b73-72+,74-70+/t50-,56+,59+,60-,61+,63+/m0/s1. The van der Waals surface area contributed by atoms with Gasteiger partial charge >= 0.3 is 6.97 Å². The van der Waals surface area contributed by atoms with E-state index in [0.717, 1.165) is 38.7 Å². The molecule has 5 heterocycles. The second-order valence-electron chi connectivity index (χ2n) is 23.7. The number of nitrogens with zero attached hydrogens (tertiary/aromatic N) is 12. The number of azo groups is 2. The molecule has 0 spiro atoms. The van der Waals surface area contributed by atoms with Crippen molar-refractivity contribution in [3.63, 3.8) is 0 Å². The van der Waals surface area contributed by atoms with Crippen molar-refractivity contribution in [2.75, 3.05) is 72.5 Å². The Labute approximate surface area is 538 Å². The zero-order valence-electron chi connectivity index (χ0n) is 53.8. The van der Waals surface area contributed by atoms with E-state index in [1.165, 1.54) is 13.2 Å². The summed E-state index contributed by atoms with van der Waals surface area (Å²) in [5.74, 6) is -0.530. The summed E-state index contributed by atoms with van der Waals surface area (Å²) in [4.78, 5) is 54.6. The van der Waals surface area contributed by atoms with Crippen molar-refractivity contribution in [3.05, 3.63) is 129 Å². The summed E-state index contributed by atoms with van der Waals surface area (Å²) in [7, 11) is 7.32. The van der Waals surface area contributed by atoms with Crippen molar-refractivity contribution in [1.82, 2.24) is 40.3 Å².